The lowest BCUT2D eigenvalue weighted by Gasteiger charge is -2.34. The molecule has 0 bridgehead atoms. The van der Waals surface area contributed by atoms with E-state index in [0.29, 0.717) is 5.92 Å². The molecule has 26 heavy (non-hydrogen) atoms. The fraction of sp³-hybridized carbons (Fsp3) is 0.333. The summed E-state index contributed by atoms with van der Waals surface area (Å²) in [6, 6.07) is 14.7. The number of H-pyrrole nitrogens is 1. The molecular formula is C21H24N4S. The van der Waals surface area contributed by atoms with Crippen LogP contribution in [0.3, 0.4) is 0 Å². The molecule has 3 aromatic rings. The van der Waals surface area contributed by atoms with Crippen LogP contribution in [0.1, 0.15) is 35.7 Å². The molecule has 0 saturated carbocycles. The highest BCUT2D eigenvalue weighted by atomic mass is 32.1. The number of piperidine rings is 1. The van der Waals surface area contributed by atoms with Crippen molar-refractivity contribution in [2.24, 2.45) is 0 Å². The molecule has 134 valence electrons. The molecular weight excluding hydrogens is 340 g/mol. The van der Waals surface area contributed by atoms with E-state index >= 15 is 0 Å². The molecule has 1 atom stereocenters. The summed E-state index contributed by atoms with van der Waals surface area (Å²) in [6.07, 6.45) is 2.26. The molecule has 0 spiro atoms. The fourth-order valence-corrected chi connectivity index (χ4v) is 4.08. The number of aromatic amines is 1. The average molecular weight is 365 g/mol. The Morgan fingerprint density at radius 2 is 1.96 bits per heavy atom. The summed E-state index contributed by atoms with van der Waals surface area (Å²) in [7, 11) is 0. The number of fused-ring (bicyclic) bond motifs is 1. The first-order valence-electron chi connectivity index (χ1n) is 9.17. The van der Waals surface area contributed by atoms with E-state index in [-0.39, 0.29) is 0 Å². The zero-order valence-electron chi connectivity index (χ0n) is 15.2. The van der Waals surface area contributed by atoms with E-state index < -0.39 is 0 Å². The Balaban J connectivity index is 1.48. The van der Waals surface area contributed by atoms with E-state index in [9.17, 15) is 0 Å². The van der Waals surface area contributed by atoms with Crippen LogP contribution < -0.4 is 5.32 Å². The Bertz CT molecular complexity index is 893. The SMILES string of the molecule is Cc1cc(C)cc(NC(=S)N2CCC[C@@H](c3nc4ccccc4[nH]3)C2)c1. The van der Waals surface area contributed by atoms with Crippen LogP contribution in [0.2, 0.25) is 0 Å². The van der Waals surface area contributed by atoms with Crippen LogP contribution in [-0.4, -0.2) is 33.1 Å². The highest BCUT2D eigenvalue weighted by Gasteiger charge is 2.25. The predicted octanol–water partition coefficient (Wildman–Crippen LogP) is 4.76. The van der Waals surface area contributed by atoms with E-state index in [1.165, 1.54) is 11.1 Å². The maximum absolute atomic E-state index is 5.69. The van der Waals surface area contributed by atoms with Crippen LogP contribution in [0.4, 0.5) is 5.69 Å². The van der Waals surface area contributed by atoms with E-state index in [0.717, 1.165) is 53.6 Å². The Morgan fingerprint density at radius 3 is 2.73 bits per heavy atom. The number of aryl methyl sites for hydroxylation is 2. The molecule has 0 amide bonds. The van der Waals surface area contributed by atoms with Gasteiger partial charge in [-0.15, -0.1) is 0 Å². The molecule has 0 unspecified atom stereocenters. The van der Waals surface area contributed by atoms with Crippen molar-refractivity contribution in [1.82, 2.24) is 14.9 Å². The number of hydrogen-bond acceptors (Lipinski definition) is 2. The van der Waals surface area contributed by atoms with Crippen molar-refractivity contribution in [1.29, 1.82) is 0 Å². The standard InChI is InChI=1S/C21H24N4S/c1-14-10-15(2)12-17(11-14)22-21(26)25-9-5-6-16(13-25)20-23-18-7-3-4-8-19(18)24-20/h3-4,7-8,10-12,16H,5-6,9,13H2,1-2H3,(H,22,26)(H,23,24)/t16-/m1/s1. The van der Waals surface area contributed by atoms with Gasteiger partial charge in [-0.25, -0.2) is 4.98 Å². The number of hydrogen-bond donors (Lipinski definition) is 2. The van der Waals surface area contributed by atoms with Gasteiger partial charge in [-0.2, -0.15) is 0 Å². The molecule has 2 heterocycles. The van der Waals surface area contributed by atoms with Crippen molar-refractivity contribution >= 4 is 34.1 Å². The molecule has 0 aliphatic carbocycles. The quantitative estimate of drug-likeness (QED) is 0.644. The molecule has 4 nitrogen and oxygen atoms in total. The normalized spacial score (nSPS) is 17.5. The predicted molar refractivity (Wildman–Crippen MR) is 112 cm³/mol. The number of thiocarbonyl (C=S) groups is 1. The van der Waals surface area contributed by atoms with Gasteiger partial charge in [-0.1, -0.05) is 18.2 Å². The third-order valence-electron chi connectivity index (χ3n) is 4.98. The minimum absolute atomic E-state index is 0.384. The summed E-state index contributed by atoms with van der Waals surface area (Å²) in [4.78, 5) is 10.6. The van der Waals surface area contributed by atoms with Crippen LogP contribution in [-0.2, 0) is 0 Å². The maximum atomic E-state index is 5.69. The van der Waals surface area contributed by atoms with Gasteiger partial charge in [0.05, 0.1) is 11.0 Å². The van der Waals surface area contributed by atoms with Gasteiger partial charge in [0.2, 0.25) is 0 Å². The summed E-state index contributed by atoms with van der Waals surface area (Å²) >= 11 is 5.69. The minimum atomic E-state index is 0.384. The summed E-state index contributed by atoms with van der Waals surface area (Å²) in [5.74, 6) is 1.46. The molecule has 0 radical (unpaired) electrons. The fourth-order valence-electron chi connectivity index (χ4n) is 3.80. The van der Waals surface area contributed by atoms with Gasteiger partial charge in [0.1, 0.15) is 5.82 Å². The van der Waals surface area contributed by atoms with E-state index in [4.69, 9.17) is 17.2 Å². The Labute approximate surface area is 159 Å². The number of aromatic nitrogens is 2. The monoisotopic (exact) mass is 364 g/mol. The van der Waals surface area contributed by atoms with Crippen LogP contribution in [0.15, 0.2) is 42.5 Å². The van der Waals surface area contributed by atoms with Crippen molar-refractivity contribution in [2.45, 2.75) is 32.6 Å². The lowest BCUT2D eigenvalue weighted by Crippen LogP contribution is -2.41. The molecule has 1 saturated heterocycles. The van der Waals surface area contributed by atoms with Crippen LogP contribution in [0.25, 0.3) is 11.0 Å². The third-order valence-corrected chi connectivity index (χ3v) is 5.34. The lowest BCUT2D eigenvalue weighted by molar-refractivity contribution is 0.307. The number of rotatable bonds is 2. The largest absolute Gasteiger partial charge is 0.348 e. The smallest absolute Gasteiger partial charge is 0.173 e. The van der Waals surface area contributed by atoms with Crippen LogP contribution in [0, 0.1) is 13.8 Å². The van der Waals surface area contributed by atoms with Crippen molar-refractivity contribution in [3.63, 3.8) is 0 Å². The second-order valence-corrected chi connectivity index (χ2v) is 7.62. The number of benzene rings is 2. The molecule has 1 aliphatic rings. The number of nitrogens with zero attached hydrogens (tertiary/aromatic N) is 2. The Hall–Kier alpha value is -2.40. The highest BCUT2D eigenvalue weighted by molar-refractivity contribution is 7.80. The first kappa shape index (κ1) is 17.0. The van der Waals surface area contributed by atoms with Gasteiger partial charge in [0.15, 0.2) is 5.11 Å². The Morgan fingerprint density at radius 1 is 1.19 bits per heavy atom. The van der Waals surface area contributed by atoms with Gasteiger partial charge in [-0.3, -0.25) is 0 Å². The molecule has 1 aliphatic heterocycles. The van der Waals surface area contributed by atoms with Crippen molar-refractivity contribution < 1.29 is 0 Å². The number of likely N-dealkylation sites (tertiary alicyclic amines) is 1. The second kappa shape index (κ2) is 7.08. The minimum Gasteiger partial charge on any atom is -0.348 e. The van der Waals surface area contributed by atoms with Gasteiger partial charge < -0.3 is 15.2 Å². The van der Waals surface area contributed by atoms with Gasteiger partial charge in [0.25, 0.3) is 0 Å². The molecule has 1 fully saturated rings. The maximum Gasteiger partial charge on any atom is 0.173 e. The summed E-state index contributed by atoms with van der Waals surface area (Å²) < 4.78 is 0. The number of nitrogens with one attached hydrogen (secondary N) is 2. The second-order valence-electron chi connectivity index (χ2n) is 7.23. The third kappa shape index (κ3) is 3.58. The average Bonchev–Trinajstić information content (AvgIpc) is 3.05. The molecule has 2 aromatic carbocycles. The lowest BCUT2D eigenvalue weighted by atomic mass is 9.98. The highest BCUT2D eigenvalue weighted by Crippen LogP contribution is 2.27. The first-order valence-corrected chi connectivity index (χ1v) is 9.58. The zero-order chi connectivity index (χ0) is 18.1. The number of anilines is 1. The van der Waals surface area contributed by atoms with Gasteiger partial charge >= 0.3 is 0 Å². The van der Waals surface area contributed by atoms with Crippen LogP contribution in [0.5, 0.6) is 0 Å². The summed E-state index contributed by atoms with van der Waals surface area (Å²) in [6.45, 7) is 6.11. The van der Waals surface area contributed by atoms with Crippen molar-refractivity contribution in [3.8, 4) is 0 Å². The number of para-hydroxylation sites is 2. The van der Waals surface area contributed by atoms with Gasteiger partial charge in [0, 0.05) is 24.7 Å². The zero-order valence-corrected chi connectivity index (χ0v) is 16.1. The first-order chi connectivity index (χ1) is 12.6. The topological polar surface area (TPSA) is 44.0 Å². The molecule has 1 aromatic heterocycles. The van der Waals surface area contributed by atoms with Crippen LogP contribution >= 0.6 is 12.2 Å². The number of imidazole rings is 1. The molecule has 5 heteroatoms. The van der Waals surface area contributed by atoms with Gasteiger partial charge in [-0.05, 0) is 74.3 Å². The van der Waals surface area contributed by atoms with E-state index in [1.54, 1.807) is 0 Å². The molecule has 4 rings (SSSR count). The molecule has 2 N–H and O–H groups in total. The van der Waals surface area contributed by atoms with E-state index in [1.807, 2.05) is 12.1 Å². The summed E-state index contributed by atoms with van der Waals surface area (Å²) in [5.41, 5.74) is 5.70. The van der Waals surface area contributed by atoms with E-state index in [2.05, 4.69) is 59.4 Å². The Kier molecular flexibility index (Phi) is 4.64. The van der Waals surface area contributed by atoms with Crippen molar-refractivity contribution in [2.75, 3.05) is 18.4 Å². The summed E-state index contributed by atoms with van der Waals surface area (Å²) in [5, 5.41) is 4.22. The van der Waals surface area contributed by atoms with Crippen molar-refractivity contribution in [3.05, 3.63) is 59.4 Å².